The van der Waals surface area contributed by atoms with Crippen LogP contribution in [-0.4, -0.2) is 24.7 Å². The van der Waals surface area contributed by atoms with Crippen LogP contribution in [0, 0.1) is 11.3 Å². The average Bonchev–Trinajstić information content (AvgIpc) is 2.65. The number of hydrogen-bond acceptors (Lipinski definition) is 4. The molecule has 0 unspecified atom stereocenters. The zero-order chi connectivity index (χ0) is 18.4. The molecule has 0 bridgehead atoms. The first kappa shape index (κ1) is 18.5. The number of methoxy groups -OCH3 is 1. The van der Waals surface area contributed by atoms with E-state index in [1.807, 2.05) is 6.07 Å². The maximum atomic E-state index is 12.6. The third-order valence-electron chi connectivity index (χ3n) is 4.24. The predicted octanol–water partition coefficient (Wildman–Crippen LogP) is 2.69. The number of carbonyl (C=O) groups is 1. The standard InChI is InChI=1S/C20H22N2O3/c1-20(2,16-6-4-5-14(11-16)12-21)19(24)22-13-18(23)15-7-9-17(25-3)10-8-15/h4-11,18,23H,13H2,1-3H3,(H,22,24)/t18-/m0/s1. The second-order valence-corrected chi connectivity index (χ2v) is 6.32. The van der Waals surface area contributed by atoms with Crippen LogP contribution in [0.2, 0.25) is 0 Å². The molecule has 0 aliphatic heterocycles. The third kappa shape index (κ3) is 4.37. The van der Waals surface area contributed by atoms with E-state index in [1.54, 1.807) is 63.4 Å². The molecule has 2 aromatic carbocycles. The van der Waals surface area contributed by atoms with Gasteiger partial charge in [-0.15, -0.1) is 0 Å². The van der Waals surface area contributed by atoms with Crippen molar-refractivity contribution in [3.63, 3.8) is 0 Å². The van der Waals surface area contributed by atoms with Crippen LogP contribution >= 0.6 is 0 Å². The lowest BCUT2D eigenvalue weighted by molar-refractivity contribution is -0.126. The molecule has 2 N–H and O–H groups in total. The Hall–Kier alpha value is -2.84. The van der Waals surface area contributed by atoms with Crippen LogP contribution in [0.15, 0.2) is 48.5 Å². The molecular formula is C20H22N2O3. The Kier molecular flexibility index (Phi) is 5.79. The summed E-state index contributed by atoms with van der Waals surface area (Å²) in [5.41, 5.74) is 1.15. The molecule has 2 rings (SSSR count). The first-order chi connectivity index (χ1) is 11.9. The summed E-state index contributed by atoms with van der Waals surface area (Å²) in [6.45, 7) is 3.68. The summed E-state index contributed by atoms with van der Waals surface area (Å²) in [6.07, 6.45) is -0.809. The second-order valence-electron chi connectivity index (χ2n) is 6.32. The van der Waals surface area contributed by atoms with Crippen molar-refractivity contribution in [1.82, 2.24) is 5.32 Å². The molecule has 0 saturated heterocycles. The van der Waals surface area contributed by atoms with Crippen molar-refractivity contribution >= 4 is 5.91 Å². The lowest BCUT2D eigenvalue weighted by atomic mass is 9.83. The van der Waals surface area contributed by atoms with Gasteiger partial charge in [0, 0.05) is 6.54 Å². The number of amides is 1. The van der Waals surface area contributed by atoms with Gasteiger partial charge in [-0.25, -0.2) is 0 Å². The zero-order valence-electron chi connectivity index (χ0n) is 14.6. The van der Waals surface area contributed by atoms with Crippen LogP contribution in [0.4, 0.5) is 0 Å². The molecule has 5 heteroatoms. The van der Waals surface area contributed by atoms with Gasteiger partial charge in [-0.1, -0.05) is 24.3 Å². The molecule has 0 aliphatic carbocycles. The number of carbonyl (C=O) groups excluding carboxylic acids is 1. The zero-order valence-corrected chi connectivity index (χ0v) is 14.6. The van der Waals surface area contributed by atoms with E-state index in [1.165, 1.54) is 0 Å². The SMILES string of the molecule is COc1ccc([C@@H](O)CNC(=O)C(C)(C)c2cccc(C#N)c2)cc1. The lowest BCUT2D eigenvalue weighted by Crippen LogP contribution is -2.41. The van der Waals surface area contributed by atoms with Crippen molar-refractivity contribution in [2.24, 2.45) is 0 Å². The van der Waals surface area contributed by atoms with Gasteiger partial charge < -0.3 is 15.2 Å². The van der Waals surface area contributed by atoms with E-state index >= 15 is 0 Å². The Bertz CT molecular complexity index is 776. The van der Waals surface area contributed by atoms with Crippen molar-refractivity contribution in [2.75, 3.05) is 13.7 Å². The van der Waals surface area contributed by atoms with Crippen molar-refractivity contribution < 1.29 is 14.6 Å². The van der Waals surface area contributed by atoms with Gasteiger partial charge >= 0.3 is 0 Å². The van der Waals surface area contributed by atoms with Gasteiger partial charge in [-0.3, -0.25) is 4.79 Å². The fraction of sp³-hybridized carbons (Fsp3) is 0.300. The topological polar surface area (TPSA) is 82.3 Å². The summed E-state index contributed by atoms with van der Waals surface area (Å²) in [5.74, 6) is 0.494. The highest BCUT2D eigenvalue weighted by molar-refractivity contribution is 5.87. The average molecular weight is 338 g/mol. The summed E-state index contributed by atoms with van der Waals surface area (Å²) in [7, 11) is 1.58. The summed E-state index contributed by atoms with van der Waals surface area (Å²) in [4.78, 5) is 12.6. The first-order valence-electron chi connectivity index (χ1n) is 7.99. The van der Waals surface area contributed by atoms with Crippen molar-refractivity contribution in [2.45, 2.75) is 25.4 Å². The van der Waals surface area contributed by atoms with Crippen molar-refractivity contribution in [3.05, 3.63) is 65.2 Å². The largest absolute Gasteiger partial charge is 0.497 e. The van der Waals surface area contributed by atoms with Crippen LogP contribution in [0.5, 0.6) is 5.75 Å². The number of nitriles is 1. The van der Waals surface area contributed by atoms with Crippen LogP contribution in [-0.2, 0) is 10.2 Å². The Morgan fingerprint density at radius 1 is 1.28 bits per heavy atom. The molecule has 0 fully saturated rings. The highest BCUT2D eigenvalue weighted by Gasteiger charge is 2.30. The fourth-order valence-corrected chi connectivity index (χ4v) is 2.46. The molecular weight excluding hydrogens is 316 g/mol. The maximum absolute atomic E-state index is 12.6. The van der Waals surface area contributed by atoms with Gasteiger partial charge in [0.1, 0.15) is 5.75 Å². The Labute approximate surface area is 147 Å². The van der Waals surface area contributed by atoms with E-state index < -0.39 is 11.5 Å². The quantitative estimate of drug-likeness (QED) is 0.848. The molecule has 0 radical (unpaired) electrons. The van der Waals surface area contributed by atoms with E-state index in [0.29, 0.717) is 16.9 Å². The minimum atomic E-state index is -0.813. The number of aliphatic hydroxyl groups is 1. The molecule has 1 atom stereocenters. The molecule has 5 nitrogen and oxygen atoms in total. The monoisotopic (exact) mass is 338 g/mol. The van der Waals surface area contributed by atoms with Gasteiger partial charge in [0.15, 0.2) is 0 Å². The van der Waals surface area contributed by atoms with E-state index in [4.69, 9.17) is 10.00 Å². The van der Waals surface area contributed by atoms with Gasteiger partial charge in [0.2, 0.25) is 5.91 Å². The van der Waals surface area contributed by atoms with Crippen LogP contribution < -0.4 is 10.1 Å². The Balaban J connectivity index is 2.03. The van der Waals surface area contributed by atoms with Crippen LogP contribution in [0.1, 0.15) is 36.6 Å². The smallest absolute Gasteiger partial charge is 0.230 e. The summed E-state index contributed by atoms with van der Waals surface area (Å²) in [6, 6.07) is 16.1. The van der Waals surface area contributed by atoms with E-state index in [9.17, 15) is 9.90 Å². The number of nitrogens with one attached hydrogen (secondary N) is 1. The molecule has 0 aromatic heterocycles. The molecule has 1 amide bonds. The van der Waals surface area contributed by atoms with Crippen LogP contribution in [0.3, 0.4) is 0 Å². The summed E-state index contributed by atoms with van der Waals surface area (Å²) in [5, 5.41) is 22.0. The minimum absolute atomic E-state index is 0.104. The minimum Gasteiger partial charge on any atom is -0.497 e. The normalized spacial score (nSPS) is 12.1. The van der Waals surface area contributed by atoms with Gasteiger partial charge in [-0.05, 0) is 49.2 Å². The molecule has 0 aliphatic rings. The summed E-state index contributed by atoms with van der Waals surface area (Å²) < 4.78 is 5.09. The fourth-order valence-electron chi connectivity index (χ4n) is 2.46. The third-order valence-corrected chi connectivity index (χ3v) is 4.24. The Morgan fingerprint density at radius 2 is 1.96 bits per heavy atom. The van der Waals surface area contributed by atoms with E-state index in [-0.39, 0.29) is 12.5 Å². The Morgan fingerprint density at radius 3 is 2.56 bits per heavy atom. The first-order valence-corrected chi connectivity index (χ1v) is 7.99. The number of aliphatic hydroxyl groups excluding tert-OH is 1. The van der Waals surface area contributed by atoms with Crippen molar-refractivity contribution in [3.8, 4) is 11.8 Å². The predicted molar refractivity (Wildman–Crippen MR) is 95.1 cm³/mol. The number of hydrogen-bond donors (Lipinski definition) is 2. The molecule has 0 heterocycles. The summed E-state index contributed by atoms with van der Waals surface area (Å²) >= 11 is 0. The molecule has 130 valence electrons. The molecule has 0 spiro atoms. The highest BCUT2D eigenvalue weighted by Crippen LogP contribution is 2.24. The molecule has 0 saturated carbocycles. The van der Waals surface area contributed by atoms with E-state index in [2.05, 4.69) is 11.4 Å². The number of benzene rings is 2. The van der Waals surface area contributed by atoms with Gasteiger partial charge in [0.05, 0.1) is 30.3 Å². The number of rotatable bonds is 6. The number of ether oxygens (including phenoxy) is 1. The van der Waals surface area contributed by atoms with Crippen LogP contribution in [0.25, 0.3) is 0 Å². The molecule has 2 aromatic rings. The maximum Gasteiger partial charge on any atom is 0.230 e. The second kappa shape index (κ2) is 7.82. The van der Waals surface area contributed by atoms with Crippen molar-refractivity contribution in [1.29, 1.82) is 5.26 Å². The molecule has 25 heavy (non-hydrogen) atoms. The lowest BCUT2D eigenvalue weighted by Gasteiger charge is -2.25. The highest BCUT2D eigenvalue weighted by atomic mass is 16.5. The number of nitrogens with zero attached hydrogens (tertiary/aromatic N) is 1. The van der Waals surface area contributed by atoms with E-state index in [0.717, 1.165) is 5.56 Å². The van der Waals surface area contributed by atoms with Gasteiger partial charge in [0.25, 0.3) is 0 Å². The van der Waals surface area contributed by atoms with Gasteiger partial charge in [-0.2, -0.15) is 5.26 Å².